The van der Waals surface area contributed by atoms with Gasteiger partial charge >= 0.3 is 5.97 Å². The first-order valence-corrected chi connectivity index (χ1v) is 7.74. The molecule has 0 aliphatic heterocycles. The number of hydrogen-bond donors (Lipinski definition) is 3. The summed E-state index contributed by atoms with van der Waals surface area (Å²) in [5.74, 6) is -2.25. The van der Waals surface area contributed by atoms with Crippen molar-refractivity contribution in [1.29, 1.82) is 0 Å². The van der Waals surface area contributed by atoms with Gasteiger partial charge in [-0.3, -0.25) is 4.79 Å². The number of nitrogens with two attached hydrogens (primary N) is 1. The van der Waals surface area contributed by atoms with Gasteiger partial charge in [0.1, 0.15) is 16.7 Å². The lowest BCUT2D eigenvalue weighted by Gasteiger charge is -2.15. The summed E-state index contributed by atoms with van der Waals surface area (Å²) in [6, 6.07) is -0.102. The fraction of sp³-hybridized carbons (Fsp3) is 0.500. The van der Waals surface area contributed by atoms with Crippen LogP contribution in [0.4, 0.5) is 0 Å². The van der Waals surface area contributed by atoms with Crippen LogP contribution in [0.25, 0.3) is 0 Å². The molecule has 1 heterocycles. The number of carbonyl (C=O) groups excluding carboxylic acids is 1. The number of aryl methyl sites for hydroxylation is 1. The van der Waals surface area contributed by atoms with E-state index in [1.807, 2.05) is 13.8 Å². The van der Waals surface area contributed by atoms with Gasteiger partial charge in [-0.05, 0) is 19.3 Å². The topological polar surface area (TPSA) is 140 Å². The number of amides is 1. The molecule has 0 radical (unpaired) electrons. The second-order valence-corrected chi connectivity index (χ2v) is 6.60. The van der Waals surface area contributed by atoms with Crippen LogP contribution in [0.3, 0.4) is 0 Å². The number of sulfonamides is 1. The van der Waals surface area contributed by atoms with E-state index >= 15 is 0 Å². The van der Waals surface area contributed by atoms with E-state index in [1.165, 1.54) is 6.92 Å². The van der Waals surface area contributed by atoms with Crippen molar-refractivity contribution in [3.63, 3.8) is 0 Å². The predicted octanol–water partition coefficient (Wildman–Crippen LogP) is 0.465. The molecular formula is C12H18N2O6S. The average Bonchev–Trinajstić information content (AvgIpc) is 2.69. The summed E-state index contributed by atoms with van der Waals surface area (Å²) in [5, 5.41) is 16.3. The van der Waals surface area contributed by atoms with E-state index in [9.17, 15) is 18.0 Å². The third-order valence-corrected chi connectivity index (χ3v) is 3.73. The van der Waals surface area contributed by atoms with Crippen LogP contribution in [0.5, 0.6) is 0 Å². The molecule has 1 aromatic rings. The molecule has 0 aliphatic rings. The molecule has 118 valence electrons. The largest absolute Gasteiger partial charge is 0.480 e. The minimum atomic E-state index is -4.00. The lowest BCUT2D eigenvalue weighted by molar-refractivity contribution is -0.139. The maximum Gasteiger partial charge on any atom is 0.326 e. The van der Waals surface area contributed by atoms with Gasteiger partial charge in [0.25, 0.3) is 5.91 Å². The van der Waals surface area contributed by atoms with Crippen molar-refractivity contribution < 1.29 is 27.5 Å². The van der Waals surface area contributed by atoms with Gasteiger partial charge in [0.15, 0.2) is 5.76 Å². The quantitative estimate of drug-likeness (QED) is 0.696. The Balaban J connectivity index is 2.96. The Morgan fingerprint density at radius 1 is 1.43 bits per heavy atom. The van der Waals surface area contributed by atoms with Gasteiger partial charge in [-0.15, -0.1) is 0 Å². The van der Waals surface area contributed by atoms with Gasteiger partial charge in [-0.2, -0.15) is 0 Å². The molecule has 8 nitrogen and oxygen atoms in total. The second-order valence-electron chi connectivity index (χ2n) is 5.07. The first-order chi connectivity index (χ1) is 9.52. The van der Waals surface area contributed by atoms with Gasteiger partial charge in [0, 0.05) is 6.07 Å². The van der Waals surface area contributed by atoms with Crippen LogP contribution in [0.1, 0.15) is 36.6 Å². The van der Waals surface area contributed by atoms with Crippen LogP contribution in [0, 0.1) is 12.8 Å². The Kier molecular flexibility index (Phi) is 5.13. The van der Waals surface area contributed by atoms with Gasteiger partial charge in [0.05, 0.1) is 0 Å². The van der Waals surface area contributed by atoms with Crippen LogP contribution in [-0.2, 0) is 14.8 Å². The number of rotatable bonds is 6. The van der Waals surface area contributed by atoms with Crippen molar-refractivity contribution in [2.75, 3.05) is 0 Å². The molecule has 9 heteroatoms. The predicted molar refractivity (Wildman–Crippen MR) is 73.2 cm³/mol. The zero-order valence-electron chi connectivity index (χ0n) is 11.9. The maximum absolute atomic E-state index is 11.9. The van der Waals surface area contributed by atoms with E-state index in [4.69, 9.17) is 14.7 Å². The molecule has 0 saturated carbocycles. The van der Waals surface area contributed by atoms with Crippen molar-refractivity contribution in [3.05, 3.63) is 17.6 Å². The van der Waals surface area contributed by atoms with Crippen molar-refractivity contribution in [3.8, 4) is 0 Å². The number of carboxylic acids is 1. The highest BCUT2D eigenvalue weighted by Crippen LogP contribution is 2.19. The molecule has 0 unspecified atom stereocenters. The van der Waals surface area contributed by atoms with Crippen molar-refractivity contribution in [2.45, 2.75) is 38.1 Å². The van der Waals surface area contributed by atoms with E-state index in [0.717, 1.165) is 6.07 Å². The second kappa shape index (κ2) is 6.27. The van der Waals surface area contributed by atoms with E-state index in [1.54, 1.807) is 0 Å². The van der Waals surface area contributed by atoms with Crippen LogP contribution in [0.2, 0.25) is 0 Å². The molecule has 1 aromatic heterocycles. The van der Waals surface area contributed by atoms with Gasteiger partial charge in [-0.25, -0.2) is 18.4 Å². The number of hydrogen-bond acceptors (Lipinski definition) is 5. The third kappa shape index (κ3) is 4.57. The average molecular weight is 318 g/mol. The van der Waals surface area contributed by atoms with Crippen LogP contribution in [0.15, 0.2) is 15.4 Å². The Morgan fingerprint density at radius 3 is 2.38 bits per heavy atom. The number of aliphatic carboxylic acids is 1. The van der Waals surface area contributed by atoms with Gasteiger partial charge in [0.2, 0.25) is 10.0 Å². The van der Waals surface area contributed by atoms with Gasteiger partial charge < -0.3 is 14.8 Å². The smallest absolute Gasteiger partial charge is 0.326 e. The molecule has 0 fully saturated rings. The Hall–Kier alpha value is -1.87. The highest BCUT2D eigenvalue weighted by molar-refractivity contribution is 7.89. The summed E-state index contributed by atoms with van der Waals surface area (Å²) < 4.78 is 27.5. The molecular weight excluding hydrogens is 300 g/mol. The van der Waals surface area contributed by atoms with E-state index in [-0.39, 0.29) is 28.8 Å². The molecule has 0 aromatic carbocycles. The minimum absolute atomic E-state index is 0.0293. The SMILES string of the molecule is Cc1oc(C(=O)N[C@H](CC(C)C)C(=O)O)cc1S(N)(=O)=O. The molecule has 21 heavy (non-hydrogen) atoms. The third-order valence-electron chi connectivity index (χ3n) is 2.71. The number of primary sulfonamides is 1. The fourth-order valence-corrected chi connectivity index (χ4v) is 2.50. The zero-order valence-corrected chi connectivity index (χ0v) is 12.7. The molecule has 1 amide bonds. The molecule has 0 aliphatic carbocycles. The number of nitrogens with one attached hydrogen (secondary N) is 1. The standard InChI is InChI=1S/C12H18N2O6S/c1-6(2)4-8(12(16)17)14-11(15)9-5-10(7(3)20-9)21(13,18)19/h5-6,8H,4H2,1-3H3,(H,14,15)(H,16,17)(H2,13,18,19)/t8-/m1/s1. The molecule has 0 bridgehead atoms. The minimum Gasteiger partial charge on any atom is -0.480 e. The highest BCUT2D eigenvalue weighted by atomic mass is 32.2. The number of furan rings is 1. The molecule has 1 atom stereocenters. The first kappa shape index (κ1) is 17.2. The lowest BCUT2D eigenvalue weighted by atomic mass is 10.0. The molecule has 1 rings (SSSR count). The van der Waals surface area contributed by atoms with Crippen molar-refractivity contribution >= 4 is 21.9 Å². The fourth-order valence-electron chi connectivity index (χ4n) is 1.78. The Bertz CT molecular complexity index is 647. The Labute approximate surface area is 122 Å². The molecule has 4 N–H and O–H groups in total. The van der Waals surface area contributed by atoms with E-state index in [2.05, 4.69) is 5.32 Å². The van der Waals surface area contributed by atoms with E-state index in [0.29, 0.717) is 0 Å². The Morgan fingerprint density at radius 2 is 2.00 bits per heavy atom. The summed E-state index contributed by atoms with van der Waals surface area (Å²) in [6.45, 7) is 4.98. The van der Waals surface area contributed by atoms with Crippen LogP contribution < -0.4 is 10.5 Å². The summed E-state index contributed by atoms with van der Waals surface area (Å²) in [5.41, 5.74) is 0. The van der Waals surface area contributed by atoms with E-state index < -0.39 is 27.9 Å². The molecule has 0 spiro atoms. The van der Waals surface area contributed by atoms with Crippen LogP contribution in [-0.4, -0.2) is 31.4 Å². The summed E-state index contributed by atoms with van der Waals surface area (Å²) in [6.07, 6.45) is 0.239. The maximum atomic E-state index is 11.9. The van der Waals surface area contributed by atoms with Crippen molar-refractivity contribution in [2.24, 2.45) is 11.1 Å². The summed E-state index contributed by atoms with van der Waals surface area (Å²) >= 11 is 0. The van der Waals surface area contributed by atoms with Crippen molar-refractivity contribution in [1.82, 2.24) is 5.32 Å². The molecule has 0 saturated heterocycles. The monoisotopic (exact) mass is 318 g/mol. The normalized spacial score (nSPS) is 13.2. The van der Waals surface area contributed by atoms with Gasteiger partial charge in [-0.1, -0.05) is 13.8 Å². The highest BCUT2D eigenvalue weighted by Gasteiger charge is 2.25. The first-order valence-electron chi connectivity index (χ1n) is 6.19. The summed E-state index contributed by atoms with van der Waals surface area (Å²) in [4.78, 5) is 22.7. The zero-order chi connectivity index (χ0) is 16.4. The number of carboxylic acid groups (broad SMARTS) is 1. The summed E-state index contributed by atoms with van der Waals surface area (Å²) in [7, 11) is -4.00. The van der Waals surface area contributed by atoms with Crippen LogP contribution >= 0.6 is 0 Å². The lowest BCUT2D eigenvalue weighted by Crippen LogP contribution is -2.41. The number of carbonyl (C=O) groups is 2.